The highest BCUT2D eigenvalue weighted by Crippen LogP contribution is 2.23. The Hall–Kier alpha value is -3.07. The lowest BCUT2D eigenvalue weighted by atomic mass is 9.87. The van der Waals surface area contributed by atoms with Crippen LogP contribution in [0.15, 0.2) is 78.9 Å². The molecule has 0 radical (unpaired) electrons. The maximum Gasteiger partial charge on any atom is 0.255 e. The fourth-order valence-electron chi connectivity index (χ4n) is 2.70. The SMILES string of the molecule is CC(C)(C)c1ccc(C(=O)Nc2ccc(OCc3ccccc3)cc2)cc1. The minimum atomic E-state index is -0.117. The van der Waals surface area contributed by atoms with Crippen molar-refractivity contribution >= 4 is 11.6 Å². The molecule has 138 valence electrons. The largest absolute Gasteiger partial charge is 0.489 e. The number of ether oxygens (including phenoxy) is 1. The molecule has 0 spiro atoms. The summed E-state index contributed by atoms with van der Waals surface area (Å²) in [7, 11) is 0. The molecule has 0 saturated carbocycles. The van der Waals surface area contributed by atoms with Crippen LogP contribution in [0.4, 0.5) is 5.69 Å². The Morgan fingerprint density at radius 2 is 1.48 bits per heavy atom. The van der Waals surface area contributed by atoms with Gasteiger partial charge in [0.15, 0.2) is 0 Å². The van der Waals surface area contributed by atoms with Gasteiger partial charge in [-0.3, -0.25) is 4.79 Å². The maximum atomic E-state index is 12.4. The second-order valence-electron chi connectivity index (χ2n) is 7.58. The predicted octanol–water partition coefficient (Wildman–Crippen LogP) is 5.82. The molecule has 0 aromatic heterocycles. The van der Waals surface area contributed by atoms with Gasteiger partial charge in [0.05, 0.1) is 0 Å². The molecule has 3 nitrogen and oxygen atoms in total. The third kappa shape index (κ3) is 5.20. The molecule has 3 aromatic rings. The molecular formula is C24H25NO2. The summed E-state index contributed by atoms with van der Waals surface area (Å²) in [6, 6.07) is 25.2. The molecule has 0 saturated heterocycles. The van der Waals surface area contributed by atoms with Gasteiger partial charge in [0.1, 0.15) is 12.4 Å². The van der Waals surface area contributed by atoms with Crippen molar-refractivity contribution < 1.29 is 9.53 Å². The fourth-order valence-corrected chi connectivity index (χ4v) is 2.70. The zero-order valence-electron chi connectivity index (χ0n) is 16.0. The first-order chi connectivity index (χ1) is 12.9. The number of carbonyl (C=O) groups is 1. The van der Waals surface area contributed by atoms with E-state index in [0.29, 0.717) is 12.2 Å². The highest BCUT2D eigenvalue weighted by atomic mass is 16.5. The number of nitrogens with one attached hydrogen (secondary N) is 1. The van der Waals surface area contributed by atoms with E-state index in [2.05, 4.69) is 26.1 Å². The van der Waals surface area contributed by atoms with Gasteiger partial charge in [-0.1, -0.05) is 63.2 Å². The van der Waals surface area contributed by atoms with Crippen LogP contribution in [0.1, 0.15) is 42.3 Å². The molecule has 0 aliphatic carbocycles. The summed E-state index contributed by atoms with van der Waals surface area (Å²) >= 11 is 0. The molecular weight excluding hydrogens is 334 g/mol. The summed E-state index contributed by atoms with van der Waals surface area (Å²) < 4.78 is 5.77. The standard InChI is InChI=1S/C24H25NO2/c1-24(2,3)20-11-9-19(10-12-20)23(26)25-21-13-15-22(16-14-21)27-17-18-7-5-4-6-8-18/h4-16H,17H2,1-3H3,(H,25,26). The van der Waals surface area contributed by atoms with Crippen LogP contribution in [-0.2, 0) is 12.0 Å². The summed E-state index contributed by atoms with van der Waals surface area (Å²) in [6.45, 7) is 6.99. The first kappa shape index (κ1) is 18.7. The van der Waals surface area contributed by atoms with Crippen molar-refractivity contribution in [1.29, 1.82) is 0 Å². The van der Waals surface area contributed by atoms with Crippen molar-refractivity contribution in [3.8, 4) is 5.75 Å². The van der Waals surface area contributed by atoms with E-state index < -0.39 is 0 Å². The number of carbonyl (C=O) groups excluding carboxylic acids is 1. The molecule has 0 aliphatic rings. The van der Waals surface area contributed by atoms with Crippen LogP contribution in [0.3, 0.4) is 0 Å². The van der Waals surface area contributed by atoms with E-state index in [1.807, 2.05) is 78.9 Å². The van der Waals surface area contributed by atoms with Crippen LogP contribution in [0.25, 0.3) is 0 Å². The fraction of sp³-hybridized carbons (Fsp3) is 0.208. The van der Waals surface area contributed by atoms with Crippen molar-refractivity contribution in [3.05, 3.63) is 95.6 Å². The minimum absolute atomic E-state index is 0.0740. The van der Waals surface area contributed by atoms with Crippen molar-refractivity contribution in [2.24, 2.45) is 0 Å². The third-order valence-corrected chi connectivity index (χ3v) is 4.37. The molecule has 0 bridgehead atoms. The number of hydrogen-bond acceptors (Lipinski definition) is 2. The molecule has 0 fully saturated rings. The van der Waals surface area contributed by atoms with Gasteiger partial charge in [0, 0.05) is 11.3 Å². The van der Waals surface area contributed by atoms with Gasteiger partial charge in [-0.2, -0.15) is 0 Å². The smallest absolute Gasteiger partial charge is 0.255 e. The lowest BCUT2D eigenvalue weighted by molar-refractivity contribution is 0.102. The number of hydrogen-bond donors (Lipinski definition) is 1. The third-order valence-electron chi connectivity index (χ3n) is 4.37. The summed E-state index contributed by atoms with van der Waals surface area (Å²) in [4.78, 5) is 12.4. The van der Waals surface area contributed by atoms with Crippen molar-refractivity contribution in [2.45, 2.75) is 32.8 Å². The van der Waals surface area contributed by atoms with E-state index in [4.69, 9.17) is 4.74 Å². The molecule has 0 atom stereocenters. The van der Waals surface area contributed by atoms with Gasteiger partial charge in [-0.15, -0.1) is 0 Å². The van der Waals surface area contributed by atoms with Crippen LogP contribution >= 0.6 is 0 Å². The Morgan fingerprint density at radius 3 is 2.07 bits per heavy atom. The van der Waals surface area contributed by atoms with E-state index in [-0.39, 0.29) is 11.3 Å². The molecule has 1 N–H and O–H groups in total. The van der Waals surface area contributed by atoms with Crippen LogP contribution in [0.2, 0.25) is 0 Å². The summed E-state index contributed by atoms with van der Waals surface area (Å²) in [6.07, 6.45) is 0. The number of benzene rings is 3. The lowest BCUT2D eigenvalue weighted by Crippen LogP contribution is -2.14. The zero-order chi connectivity index (χ0) is 19.3. The van der Waals surface area contributed by atoms with Crippen molar-refractivity contribution in [1.82, 2.24) is 0 Å². The Bertz CT molecular complexity index is 876. The topological polar surface area (TPSA) is 38.3 Å². The van der Waals surface area contributed by atoms with E-state index in [1.54, 1.807) is 0 Å². The van der Waals surface area contributed by atoms with E-state index in [0.717, 1.165) is 17.0 Å². The number of amides is 1. The monoisotopic (exact) mass is 359 g/mol. The Morgan fingerprint density at radius 1 is 0.852 bits per heavy atom. The van der Waals surface area contributed by atoms with Crippen LogP contribution in [0, 0.1) is 0 Å². The first-order valence-electron chi connectivity index (χ1n) is 9.10. The van der Waals surface area contributed by atoms with E-state index >= 15 is 0 Å². The lowest BCUT2D eigenvalue weighted by Gasteiger charge is -2.19. The van der Waals surface area contributed by atoms with Crippen molar-refractivity contribution in [2.75, 3.05) is 5.32 Å². The average Bonchev–Trinajstić information content (AvgIpc) is 2.68. The second kappa shape index (κ2) is 8.09. The number of anilines is 1. The van der Waals surface area contributed by atoms with Gasteiger partial charge in [0.2, 0.25) is 0 Å². The van der Waals surface area contributed by atoms with E-state index in [9.17, 15) is 4.79 Å². The molecule has 3 heteroatoms. The Labute approximate surface area is 161 Å². The Kier molecular flexibility index (Phi) is 5.60. The van der Waals surface area contributed by atoms with Crippen LogP contribution < -0.4 is 10.1 Å². The normalized spacial score (nSPS) is 11.1. The summed E-state index contributed by atoms with van der Waals surface area (Å²) in [5.41, 5.74) is 3.79. The Balaban J connectivity index is 1.58. The maximum absolute atomic E-state index is 12.4. The predicted molar refractivity (Wildman–Crippen MR) is 110 cm³/mol. The quantitative estimate of drug-likeness (QED) is 0.624. The molecule has 0 heterocycles. The van der Waals surface area contributed by atoms with Crippen molar-refractivity contribution in [3.63, 3.8) is 0 Å². The number of rotatable bonds is 5. The van der Waals surface area contributed by atoms with E-state index in [1.165, 1.54) is 5.56 Å². The average molecular weight is 359 g/mol. The van der Waals surface area contributed by atoms with Crippen LogP contribution in [-0.4, -0.2) is 5.91 Å². The molecule has 3 aromatic carbocycles. The molecule has 3 rings (SSSR count). The highest BCUT2D eigenvalue weighted by Gasteiger charge is 2.14. The molecule has 1 amide bonds. The molecule has 0 aliphatic heterocycles. The zero-order valence-corrected chi connectivity index (χ0v) is 16.0. The van der Waals surface area contributed by atoms with Crippen LogP contribution in [0.5, 0.6) is 5.75 Å². The van der Waals surface area contributed by atoms with Gasteiger partial charge in [0.25, 0.3) is 5.91 Å². The highest BCUT2D eigenvalue weighted by molar-refractivity contribution is 6.04. The van der Waals surface area contributed by atoms with Gasteiger partial charge in [-0.05, 0) is 52.9 Å². The van der Waals surface area contributed by atoms with Gasteiger partial charge in [-0.25, -0.2) is 0 Å². The summed E-state index contributed by atoms with van der Waals surface area (Å²) in [5.74, 6) is 0.653. The molecule has 27 heavy (non-hydrogen) atoms. The summed E-state index contributed by atoms with van der Waals surface area (Å²) in [5, 5.41) is 2.92. The van der Waals surface area contributed by atoms with Gasteiger partial charge >= 0.3 is 0 Å². The van der Waals surface area contributed by atoms with Gasteiger partial charge < -0.3 is 10.1 Å². The first-order valence-corrected chi connectivity index (χ1v) is 9.10. The molecule has 0 unspecified atom stereocenters. The second-order valence-corrected chi connectivity index (χ2v) is 7.58. The minimum Gasteiger partial charge on any atom is -0.489 e.